The Morgan fingerprint density at radius 1 is 0.917 bits per heavy atom. The summed E-state index contributed by atoms with van der Waals surface area (Å²) in [6.07, 6.45) is 1.71. The standard InChI is InChI=1S/C19H15N3OS/c1-13-20-17-10-6-5-9-16(17)19(21-13)24-12-15-11-23-18(22-15)14-7-3-2-4-8-14/h2-11H,12H2,1H3. The van der Waals surface area contributed by atoms with E-state index in [1.807, 2.05) is 55.5 Å². The lowest BCUT2D eigenvalue weighted by molar-refractivity contribution is 0.573. The summed E-state index contributed by atoms with van der Waals surface area (Å²) in [5.74, 6) is 2.13. The van der Waals surface area contributed by atoms with E-state index in [0.717, 1.165) is 33.0 Å². The van der Waals surface area contributed by atoms with E-state index in [-0.39, 0.29) is 0 Å². The second-order valence-electron chi connectivity index (χ2n) is 5.39. The zero-order chi connectivity index (χ0) is 16.4. The van der Waals surface area contributed by atoms with Gasteiger partial charge in [0, 0.05) is 16.7 Å². The Bertz CT molecular complexity index is 982. The number of aryl methyl sites for hydroxylation is 1. The van der Waals surface area contributed by atoms with Gasteiger partial charge in [0.25, 0.3) is 0 Å². The van der Waals surface area contributed by atoms with Crippen LogP contribution in [-0.4, -0.2) is 15.0 Å². The molecule has 0 aliphatic rings. The first-order valence-corrected chi connectivity index (χ1v) is 8.64. The number of benzene rings is 2. The summed E-state index contributed by atoms with van der Waals surface area (Å²) in [7, 11) is 0. The summed E-state index contributed by atoms with van der Waals surface area (Å²) in [6.45, 7) is 1.92. The van der Waals surface area contributed by atoms with Crippen LogP contribution < -0.4 is 0 Å². The fourth-order valence-electron chi connectivity index (χ4n) is 2.50. The van der Waals surface area contributed by atoms with Gasteiger partial charge in [0.15, 0.2) is 0 Å². The Morgan fingerprint density at radius 3 is 2.58 bits per heavy atom. The first-order valence-electron chi connectivity index (χ1n) is 7.65. The molecular weight excluding hydrogens is 318 g/mol. The van der Waals surface area contributed by atoms with Crippen molar-refractivity contribution in [3.63, 3.8) is 0 Å². The van der Waals surface area contributed by atoms with Crippen LogP contribution in [0, 0.1) is 6.92 Å². The molecule has 0 unspecified atom stereocenters. The summed E-state index contributed by atoms with van der Waals surface area (Å²) in [5.41, 5.74) is 2.86. The quantitative estimate of drug-likeness (QED) is 0.393. The highest BCUT2D eigenvalue weighted by atomic mass is 32.2. The summed E-state index contributed by atoms with van der Waals surface area (Å²) in [5, 5.41) is 2.04. The number of fused-ring (bicyclic) bond motifs is 1. The predicted molar refractivity (Wildman–Crippen MR) is 95.8 cm³/mol. The van der Waals surface area contributed by atoms with Crippen molar-refractivity contribution in [2.24, 2.45) is 0 Å². The molecule has 118 valence electrons. The van der Waals surface area contributed by atoms with E-state index in [0.29, 0.717) is 11.6 Å². The van der Waals surface area contributed by atoms with Gasteiger partial charge in [0.1, 0.15) is 17.1 Å². The minimum Gasteiger partial charge on any atom is -0.444 e. The molecule has 0 atom stereocenters. The van der Waals surface area contributed by atoms with Crippen molar-refractivity contribution in [1.82, 2.24) is 15.0 Å². The molecule has 24 heavy (non-hydrogen) atoms. The van der Waals surface area contributed by atoms with Crippen LogP contribution in [0.25, 0.3) is 22.4 Å². The van der Waals surface area contributed by atoms with Crippen molar-refractivity contribution in [3.05, 3.63) is 72.4 Å². The molecule has 2 aromatic heterocycles. The molecule has 0 radical (unpaired) electrons. The topological polar surface area (TPSA) is 51.8 Å². The molecule has 0 fully saturated rings. The fraction of sp³-hybridized carbons (Fsp3) is 0.105. The lowest BCUT2D eigenvalue weighted by atomic mass is 10.2. The summed E-state index contributed by atoms with van der Waals surface area (Å²) >= 11 is 1.65. The van der Waals surface area contributed by atoms with E-state index >= 15 is 0 Å². The molecule has 0 saturated carbocycles. The molecule has 0 saturated heterocycles. The number of thioether (sulfide) groups is 1. The molecule has 0 spiro atoms. The molecular formula is C19H15N3OS. The van der Waals surface area contributed by atoms with Crippen LogP contribution in [0.2, 0.25) is 0 Å². The zero-order valence-electron chi connectivity index (χ0n) is 13.1. The van der Waals surface area contributed by atoms with Gasteiger partial charge in [-0.05, 0) is 25.1 Å². The summed E-state index contributed by atoms with van der Waals surface area (Å²) in [6, 6.07) is 18.0. The van der Waals surface area contributed by atoms with Gasteiger partial charge in [-0.15, -0.1) is 0 Å². The fourth-order valence-corrected chi connectivity index (χ4v) is 3.44. The highest BCUT2D eigenvalue weighted by Gasteiger charge is 2.10. The SMILES string of the molecule is Cc1nc(SCc2coc(-c3ccccc3)n2)c2ccccc2n1. The van der Waals surface area contributed by atoms with Crippen LogP contribution in [0.3, 0.4) is 0 Å². The van der Waals surface area contributed by atoms with E-state index < -0.39 is 0 Å². The van der Waals surface area contributed by atoms with Crippen LogP contribution in [-0.2, 0) is 5.75 Å². The molecule has 4 nitrogen and oxygen atoms in total. The van der Waals surface area contributed by atoms with Gasteiger partial charge in [-0.1, -0.05) is 48.2 Å². The van der Waals surface area contributed by atoms with Gasteiger partial charge < -0.3 is 4.42 Å². The Hall–Kier alpha value is -2.66. The Morgan fingerprint density at radius 2 is 1.71 bits per heavy atom. The molecule has 2 heterocycles. The minimum atomic E-state index is 0.648. The average Bonchev–Trinajstić information content (AvgIpc) is 3.09. The third-order valence-electron chi connectivity index (χ3n) is 3.61. The van der Waals surface area contributed by atoms with E-state index in [4.69, 9.17) is 4.42 Å². The average molecular weight is 333 g/mol. The van der Waals surface area contributed by atoms with Crippen LogP contribution in [0.5, 0.6) is 0 Å². The summed E-state index contributed by atoms with van der Waals surface area (Å²) in [4.78, 5) is 13.6. The first kappa shape index (κ1) is 14.9. The largest absolute Gasteiger partial charge is 0.444 e. The first-order chi connectivity index (χ1) is 11.8. The van der Waals surface area contributed by atoms with Crippen LogP contribution in [0.4, 0.5) is 0 Å². The smallest absolute Gasteiger partial charge is 0.226 e. The Balaban J connectivity index is 1.57. The maximum absolute atomic E-state index is 5.59. The third kappa shape index (κ3) is 3.03. The normalized spacial score (nSPS) is 11.0. The lowest BCUT2D eigenvalue weighted by Gasteiger charge is -2.05. The minimum absolute atomic E-state index is 0.648. The molecule has 0 N–H and O–H groups in total. The predicted octanol–water partition coefficient (Wildman–Crippen LogP) is 4.89. The van der Waals surface area contributed by atoms with Crippen molar-refractivity contribution < 1.29 is 4.42 Å². The van der Waals surface area contributed by atoms with Crippen molar-refractivity contribution in [2.75, 3.05) is 0 Å². The highest BCUT2D eigenvalue weighted by molar-refractivity contribution is 7.98. The highest BCUT2D eigenvalue weighted by Crippen LogP contribution is 2.28. The third-order valence-corrected chi connectivity index (χ3v) is 4.63. The van der Waals surface area contributed by atoms with Crippen molar-refractivity contribution in [3.8, 4) is 11.5 Å². The number of aromatic nitrogens is 3. The van der Waals surface area contributed by atoms with E-state index in [9.17, 15) is 0 Å². The van der Waals surface area contributed by atoms with Crippen molar-refractivity contribution in [1.29, 1.82) is 0 Å². The van der Waals surface area contributed by atoms with E-state index in [1.54, 1.807) is 18.0 Å². The van der Waals surface area contributed by atoms with Crippen LogP contribution in [0.15, 0.2) is 70.3 Å². The van der Waals surface area contributed by atoms with Crippen molar-refractivity contribution >= 4 is 22.7 Å². The number of oxazole rings is 1. The summed E-state index contributed by atoms with van der Waals surface area (Å²) < 4.78 is 5.59. The number of hydrogen-bond donors (Lipinski definition) is 0. The zero-order valence-corrected chi connectivity index (χ0v) is 14.0. The maximum atomic E-state index is 5.59. The second kappa shape index (κ2) is 6.45. The van der Waals surface area contributed by atoms with Gasteiger partial charge in [0.05, 0.1) is 11.2 Å². The number of hydrogen-bond acceptors (Lipinski definition) is 5. The molecule has 0 aliphatic heterocycles. The van der Waals surface area contributed by atoms with Crippen molar-refractivity contribution in [2.45, 2.75) is 17.7 Å². The van der Waals surface area contributed by atoms with Crippen LogP contribution >= 0.6 is 11.8 Å². The van der Waals surface area contributed by atoms with E-state index in [1.165, 1.54) is 0 Å². The van der Waals surface area contributed by atoms with Gasteiger partial charge in [-0.3, -0.25) is 0 Å². The molecule has 4 rings (SSSR count). The molecule has 0 aliphatic carbocycles. The molecule has 5 heteroatoms. The number of rotatable bonds is 4. The molecule has 4 aromatic rings. The van der Waals surface area contributed by atoms with Gasteiger partial charge in [-0.2, -0.15) is 0 Å². The molecule has 0 amide bonds. The Labute approximate surface area is 144 Å². The van der Waals surface area contributed by atoms with Crippen LogP contribution in [0.1, 0.15) is 11.5 Å². The monoisotopic (exact) mass is 333 g/mol. The second-order valence-corrected chi connectivity index (χ2v) is 6.36. The number of para-hydroxylation sites is 1. The van der Waals surface area contributed by atoms with E-state index in [2.05, 4.69) is 21.0 Å². The van der Waals surface area contributed by atoms with Gasteiger partial charge >= 0.3 is 0 Å². The van der Waals surface area contributed by atoms with Gasteiger partial charge in [0.2, 0.25) is 5.89 Å². The maximum Gasteiger partial charge on any atom is 0.226 e. The van der Waals surface area contributed by atoms with Gasteiger partial charge in [-0.25, -0.2) is 15.0 Å². The molecule has 2 aromatic carbocycles. The Kier molecular flexibility index (Phi) is 4.01. The lowest BCUT2D eigenvalue weighted by Crippen LogP contribution is -1.93. The number of nitrogens with zero attached hydrogens (tertiary/aromatic N) is 3. The molecule has 0 bridgehead atoms.